The molecule has 1 N–H and O–H groups in total. The van der Waals surface area contributed by atoms with E-state index in [2.05, 4.69) is 11.4 Å². The topological polar surface area (TPSA) is 47.6 Å². The molecular formula is C17H19NO3. The maximum absolute atomic E-state index is 12.0. The Balaban J connectivity index is 1.98. The van der Waals surface area contributed by atoms with E-state index in [0.29, 0.717) is 12.2 Å². The lowest BCUT2D eigenvalue weighted by molar-refractivity contribution is -0.125. The third-order valence-corrected chi connectivity index (χ3v) is 4.17. The van der Waals surface area contributed by atoms with Crippen molar-refractivity contribution in [3.63, 3.8) is 0 Å². The fourth-order valence-corrected chi connectivity index (χ4v) is 3.15. The van der Waals surface area contributed by atoms with Crippen LogP contribution >= 0.6 is 0 Å². The molecule has 2 aliphatic rings. The van der Waals surface area contributed by atoms with Gasteiger partial charge < -0.3 is 14.8 Å². The Morgan fingerprint density at radius 1 is 1.05 bits per heavy atom. The maximum atomic E-state index is 12.0. The summed E-state index contributed by atoms with van der Waals surface area (Å²) in [6.07, 6.45) is 4.56. The highest BCUT2D eigenvalue weighted by Gasteiger charge is 2.38. The van der Waals surface area contributed by atoms with Crippen molar-refractivity contribution in [2.75, 3.05) is 14.2 Å². The van der Waals surface area contributed by atoms with Crippen LogP contribution in [0.4, 0.5) is 0 Å². The van der Waals surface area contributed by atoms with Gasteiger partial charge in [-0.15, -0.1) is 0 Å². The van der Waals surface area contributed by atoms with E-state index in [9.17, 15) is 4.79 Å². The Hall–Kier alpha value is -2.23. The van der Waals surface area contributed by atoms with Gasteiger partial charge in [-0.3, -0.25) is 4.79 Å². The number of hydrogen-bond donors (Lipinski definition) is 1. The van der Waals surface area contributed by atoms with Gasteiger partial charge in [-0.2, -0.15) is 0 Å². The van der Waals surface area contributed by atoms with Crippen LogP contribution in [0.2, 0.25) is 0 Å². The van der Waals surface area contributed by atoms with E-state index in [1.807, 2.05) is 36.4 Å². The summed E-state index contributed by atoms with van der Waals surface area (Å²) in [6.45, 7) is 0. The normalized spacial score (nSPS) is 27.9. The van der Waals surface area contributed by atoms with Crippen molar-refractivity contribution in [3.05, 3.63) is 59.6 Å². The minimum atomic E-state index is -0.0303. The molecule has 0 saturated carbocycles. The summed E-state index contributed by atoms with van der Waals surface area (Å²) < 4.78 is 10.8. The van der Waals surface area contributed by atoms with Crippen LogP contribution < -0.4 is 5.32 Å². The van der Waals surface area contributed by atoms with E-state index >= 15 is 0 Å². The van der Waals surface area contributed by atoms with Crippen LogP contribution in [0.25, 0.3) is 0 Å². The molecule has 3 atom stereocenters. The van der Waals surface area contributed by atoms with Gasteiger partial charge in [0.2, 0.25) is 5.91 Å². The van der Waals surface area contributed by atoms with E-state index in [4.69, 9.17) is 9.47 Å². The summed E-state index contributed by atoms with van der Waals surface area (Å²) in [5, 5.41) is 3.10. The second-order valence-electron chi connectivity index (χ2n) is 5.37. The summed E-state index contributed by atoms with van der Waals surface area (Å²) in [4.78, 5) is 12.0. The average Bonchev–Trinajstić information content (AvgIpc) is 2.53. The molecule has 4 nitrogen and oxygen atoms in total. The molecule has 1 aromatic rings. The quantitative estimate of drug-likeness (QED) is 0.928. The number of fused-ring (bicyclic) bond motifs is 1. The Morgan fingerprint density at radius 2 is 1.71 bits per heavy atom. The monoisotopic (exact) mass is 285 g/mol. The highest BCUT2D eigenvalue weighted by atomic mass is 16.5. The number of methoxy groups -OCH3 is 2. The first-order chi connectivity index (χ1) is 10.2. The third kappa shape index (κ3) is 2.53. The summed E-state index contributed by atoms with van der Waals surface area (Å²) in [7, 11) is 3.26. The zero-order valence-corrected chi connectivity index (χ0v) is 12.2. The summed E-state index contributed by atoms with van der Waals surface area (Å²) in [5.41, 5.74) is 1.11. The number of piperidine rings is 1. The van der Waals surface area contributed by atoms with Crippen LogP contribution in [-0.4, -0.2) is 20.1 Å². The fraction of sp³-hybridized carbons (Fsp3) is 0.353. The number of amides is 1. The Morgan fingerprint density at radius 3 is 2.38 bits per heavy atom. The van der Waals surface area contributed by atoms with Gasteiger partial charge in [0, 0.05) is 12.3 Å². The number of ether oxygens (including phenoxy) is 2. The van der Waals surface area contributed by atoms with Gasteiger partial charge in [0.15, 0.2) is 11.5 Å². The van der Waals surface area contributed by atoms with Crippen molar-refractivity contribution < 1.29 is 14.3 Å². The fourth-order valence-electron chi connectivity index (χ4n) is 3.15. The number of carbonyl (C=O) groups is 1. The van der Waals surface area contributed by atoms with Gasteiger partial charge >= 0.3 is 0 Å². The van der Waals surface area contributed by atoms with Crippen LogP contribution in [-0.2, 0) is 14.3 Å². The molecule has 0 aromatic heterocycles. The number of carbonyl (C=O) groups excluding carboxylic acids is 1. The van der Waals surface area contributed by atoms with E-state index in [1.165, 1.54) is 0 Å². The second kappa shape index (κ2) is 5.64. The smallest absolute Gasteiger partial charge is 0.221 e. The van der Waals surface area contributed by atoms with Crippen LogP contribution in [0, 0.1) is 11.8 Å². The molecule has 3 unspecified atom stereocenters. The molecule has 1 amide bonds. The minimum Gasteiger partial charge on any atom is -0.493 e. The zero-order valence-electron chi connectivity index (χ0n) is 12.2. The predicted octanol–water partition coefficient (Wildman–Crippen LogP) is 2.55. The molecule has 1 aromatic carbocycles. The summed E-state index contributed by atoms with van der Waals surface area (Å²) in [5.74, 6) is 1.83. The highest BCUT2D eigenvalue weighted by molar-refractivity contribution is 5.78. The second-order valence-corrected chi connectivity index (χ2v) is 5.37. The molecule has 1 heterocycles. The standard InChI is InChI=1S/C17H19NO3/c1-20-14-8-12-9-16(19)18-17(11-6-4-3-5-7-11)13(12)10-15(14)21-2/h3-8,10,12-13,17H,9H2,1-2H3,(H,18,19). The van der Waals surface area contributed by atoms with E-state index in [-0.39, 0.29) is 23.8 Å². The molecule has 110 valence electrons. The van der Waals surface area contributed by atoms with E-state index in [1.54, 1.807) is 14.2 Å². The first-order valence-electron chi connectivity index (χ1n) is 7.09. The third-order valence-electron chi connectivity index (χ3n) is 4.17. The lowest BCUT2D eigenvalue weighted by Gasteiger charge is -2.38. The van der Waals surface area contributed by atoms with Gasteiger partial charge in [-0.25, -0.2) is 0 Å². The predicted molar refractivity (Wildman–Crippen MR) is 79.1 cm³/mol. The number of benzene rings is 1. The maximum Gasteiger partial charge on any atom is 0.221 e. The van der Waals surface area contributed by atoms with Crippen molar-refractivity contribution in [3.8, 4) is 0 Å². The molecule has 1 saturated heterocycles. The van der Waals surface area contributed by atoms with Crippen molar-refractivity contribution in [2.45, 2.75) is 12.5 Å². The molecule has 0 bridgehead atoms. The van der Waals surface area contributed by atoms with Crippen LogP contribution in [0.3, 0.4) is 0 Å². The van der Waals surface area contributed by atoms with Gasteiger partial charge in [-0.05, 0) is 23.6 Å². The number of hydrogen-bond acceptors (Lipinski definition) is 3. The molecular weight excluding hydrogens is 266 g/mol. The molecule has 1 fully saturated rings. The van der Waals surface area contributed by atoms with Gasteiger partial charge in [0.1, 0.15) is 0 Å². The summed E-state index contributed by atoms with van der Waals surface area (Å²) in [6, 6.07) is 10.0. The molecule has 1 aliphatic carbocycles. The molecule has 0 radical (unpaired) electrons. The molecule has 3 rings (SSSR count). The first-order valence-corrected chi connectivity index (χ1v) is 7.09. The van der Waals surface area contributed by atoms with Crippen LogP contribution in [0.15, 0.2) is 54.0 Å². The summed E-state index contributed by atoms with van der Waals surface area (Å²) >= 11 is 0. The van der Waals surface area contributed by atoms with Crippen molar-refractivity contribution in [1.82, 2.24) is 5.32 Å². The Kier molecular flexibility index (Phi) is 3.69. The number of allylic oxidation sites excluding steroid dienone is 1. The van der Waals surface area contributed by atoms with E-state index < -0.39 is 0 Å². The first kappa shape index (κ1) is 13.7. The highest BCUT2D eigenvalue weighted by Crippen LogP contribution is 2.41. The van der Waals surface area contributed by atoms with E-state index in [0.717, 1.165) is 11.3 Å². The average molecular weight is 285 g/mol. The molecule has 4 heteroatoms. The van der Waals surface area contributed by atoms with Gasteiger partial charge in [0.25, 0.3) is 0 Å². The molecule has 21 heavy (non-hydrogen) atoms. The molecule has 0 spiro atoms. The zero-order chi connectivity index (χ0) is 14.8. The van der Waals surface area contributed by atoms with Crippen molar-refractivity contribution >= 4 is 5.91 Å². The number of rotatable bonds is 3. The largest absolute Gasteiger partial charge is 0.493 e. The van der Waals surface area contributed by atoms with Crippen LogP contribution in [0.5, 0.6) is 0 Å². The number of nitrogens with one attached hydrogen (secondary N) is 1. The molecule has 1 aliphatic heterocycles. The Bertz CT molecular complexity index is 591. The Labute approximate surface area is 124 Å². The van der Waals surface area contributed by atoms with Gasteiger partial charge in [0.05, 0.1) is 20.3 Å². The lowest BCUT2D eigenvalue weighted by Crippen LogP contribution is -2.43. The lowest BCUT2D eigenvalue weighted by atomic mass is 9.75. The van der Waals surface area contributed by atoms with Crippen molar-refractivity contribution in [1.29, 1.82) is 0 Å². The minimum absolute atomic E-state index is 0.0303. The van der Waals surface area contributed by atoms with Crippen molar-refractivity contribution in [2.24, 2.45) is 11.8 Å². The van der Waals surface area contributed by atoms with Crippen LogP contribution in [0.1, 0.15) is 18.0 Å². The SMILES string of the molecule is COC1=CC2CC(=O)NC(c3ccccc3)C2C=C1OC. The van der Waals surface area contributed by atoms with Gasteiger partial charge in [-0.1, -0.05) is 30.3 Å².